The number of amides is 1. The summed E-state index contributed by atoms with van der Waals surface area (Å²) in [5.74, 6) is 1.66. The highest BCUT2D eigenvalue weighted by Gasteiger charge is 2.33. The van der Waals surface area contributed by atoms with Crippen molar-refractivity contribution in [3.63, 3.8) is 0 Å². The van der Waals surface area contributed by atoms with Gasteiger partial charge in [-0.05, 0) is 44.9 Å². The van der Waals surface area contributed by atoms with Crippen molar-refractivity contribution in [2.45, 2.75) is 38.8 Å². The molecule has 1 fully saturated rings. The molecule has 6 nitrogen and oxygen atoms in total. The highest BCUT2D eigenvalue weighted by Crippen LogP contribution is 2.39. The van der Waals surface area contributed by atoms with E-state index in [1.807, 2.05) is 36.9 Å². The van der Waals surface area contributed by atoms with Gasteiger partial charge in [-0.3, -0.25) is 4.79 Å². The normalized spacial score (nSPS) is 16.4. The molecule has 1 atom stereocenters. The molecule has 0 aliphatic carbocycles. The van der Waals surface area contributed by atoms with Crippen LogP contribution in [-0.2, 0) is 0 Å². The van der Waals surface area contributed by atoms with Crippen LogP contribution in [0.5, 0.6) is 17.4 Å². The zero-order valence-corrected chi connectivity index (χ0v) is 17.3. The molecule has 1 saturated heterocycles. The van der Waals surface area contributed by atoms with Gasteiger partial charge in [0.05, 0.1) is 31.9 Å². The van der Waals surface area contributed by atoms with Crippen LogP contribution in [-0.4, -0.2) is 42.7 Å². The van der Waals surface area contributed by atoms with Crippen LogP contribution in [0.1, 0.15) is 48.7 Å². The van der Waals surface area contributed by atoms with E-state index in [1.54, 1.807) is 20.3 Å². The van der Waals surface area contributed by atoms with Gasteiger partial charge in [-0.25, -0.2) is 4.98 Å². The largest absolute Gasteiger partial charge is 0.497 e. The number of likely N-dealkylation sites (tertiary alicyclic amines) is 1. The molecule has 3 rings (SSSR count). The predicted octanol–water partition coefficient (Wildman–Crippen LogP) is 4.52. The summed E-state index contributed by atoms with van der Waals surface area (Å²) in [6.07, 6.45) is 3.26. The van der Waals surface area contributed by atoms with E-state index in [-0.39, 0.29) is 18.1 Å². The fraction of sp³-hybridized carbons (Fsp3) is 0.429. The number of nitrogens with zero attached hydrogens (tertiary/aromatic N) is 2. The first-order chi connectivity index (χ1) is 13.4. The molecule has 0 radical (unpaired) electrons. The Kier molecular flexibility index (Phi) is 6.29. The van der Waals surface area contributed by atoms with E-state index in [9.17, 15) is 4.79 Å². The van der Waals surface area contributed by atoms with Crippen LogP contribution in [0.15, 0.2) is 30.5 Å². The fourth-order valence-electron chi connectivity index (χ4n) is 3.44. The van der Waals surface area contributed by atoms with Gasteiger partial charge >= 0.3 is 0 Å². The van der Waals surface area contributed by atoms with Gasteiger partial charge in [0.2, 0.25) is 5.88 Å². The van der Waals surface area contributed by atoms with Crippen LogP contribution in [0.4, 0.5) is 0 Å². The SMILES string of the molecule is COc1ccc(C2CCCN2C(=O)c2cnc(OC(C)C)c(Cl)c2)c(OC)c1. The van der Waals surface area contributed by atoms with Gasteiger partial charge in [0.25, 0.3) is 5.91 Å². The van der Waals surface area contributed by atoms with Gasteiger partial charge in [-0.15, -0.1) is 0 Å². The molecule has 0 N–H and O–H groups in total. The zero-order valence-electron chi connectivity index (χ0n) is 16.6. The van der Waals surface area contributed by atoms with Crippen molar-refractivity contribution in [1.82, 2.24) is 9.88 Å². The van der Waals surface area contributed by atoms with Gasteiger partial charge in [0.1, 0.15) is 16.5 Å². The van der Waals surface area contributed by atoms with Crippen molar-refractivity contribution < 1.29 is 19.0 Å². The van der Waals surface area contributed by atoms with Crippen molar-refractivity contribution in [2.75, 3.05) is 20.8 Å². The third kappa shape index (κ3) is 4.17. The van der Waals surface area contributed by atoms with E-state index < -0.39 is 0 Å². The lowest BCUT2D eigenvalue weighted by Gasteiger charge is -2.26. The summed E-state index contributed by atoms with van der Waals surface area (Å²) in [7, 11) is 3.24. The van der Waals surface area contributed by atoms with Gasteiger partial charge in [-0.1, -0.05) is 11.6 Å². The molecule has 0 spiro atoms. The van der Waals surface area contributed by atoms with Gasteiger partial charge in [-0.2, -0.15) is 0 Å². The quantitative estimate of drug-likeness (QED) is 0.708. The summed E-state index contributed by atoms with van der Waals surface area (Å²) in [5, 5.41) is 0.331. The summed E-state index contributed by atoms with van der Waals surface area (Å²) in [5.41, 5.74) is 1.41. The second-order valence-electron chi connectivity index (χ2n) is 6.94. The predicted molar refractivity (Wildman–Crippen MR) is 108 cm³/mol. The molecule has 150 valence electrons. The summed E-state index contributed by atoms with van der Waals surface area (Å²) >= 11 is 6.27. The highest BCUT2D eigenvalue weighted by atomic mass is 35.5. The molecule has 2 aromatic rings. The number of ether oxygens (including phenoxy) is 3. The topological polar surface area (TPSA) is 60.9 Å². The number of halogens is 1. The number of hydrogen-bond donors (Lipinski definition) is 0. The molecule has 2 heterocycles. The monoisotopic (exact) mass is 404 g/mol. The molecule has 1 amide bonds. The molecule has 7 heteroatoms. The maximum atomic E-state index is 13.2. The summed E-state index contributed by atoms with van der Waals surface area (Å²) in [4.78, 5) is 19.2. The lowest BCUT2D eigenvalue weighted by atomic mass is 10.0. The number of methoxy groups -OCH3 is 2. The first-order valence-electron chi connectivity index (χ1n) is 9.29. The number of benzene rings is 1. The third-order valence-electron chi connectivity index (χ3n) is 4.72. The van der Waals surface area contributed by atoms with Gasteiger partial charge in [0.15, 0.2) is 0 Å². The van der Waals surface area contributed by atoms with Crippen LogP contribution >= 0.6 is 11.6 Å². The van der Waals surface area contributed by atoms with Crippen molar-refractivity contribution >= 4 is 17.5 Å². The average molecular weight is 405 g/mol. The Morgan fingerprint density at radius 2 is 2.04 bits per heavy atom. The molecule has 1 aromatic heterocycles. The molecule has 1 aliphatic rings. The average Bonchev–Trinajstić information content (AvgIpc) is 3.17. The van der Waals surface area contributed by atoms with Gasteiger partial charge in [0, 0.05) is 24.4 Å². The van der Waals surface area contributed by atoms with Crippen LogP contribution in [0.2, 0.25) is 5.02 Å². The number of pyridine rings is 1. The Labute approximate surface area is 170 Å². The summed E-state index contributed by atoms with van der Waals surface area (Å²) in [6.45, 7) is 4.46. The zero-order chi connectivity index (χ0) is 20.3. The second-order valence-corrected chi connectivity index (χ2v) is 7.35. The smallest absolute Gasteiger partial charge is 0.255 e. The van der Waals surface area contributed by atoms with Crippen LogP contribution < -0.4 is 14.2 Å². The van der Waals surface area contributed by atoms with E-state index in [4.69, 9.17) is 25.8 Å². The van der Waals surface area contributed by atoms with E-state index in [0.29, 0.717) is 34.5 Å². The van der Waals surface area contributed by atoms with E-state index in [2.05, 4.69) is 4.98 Å². The third-order valence-corrected chi connectivity index (χ3v) is 4.99. The van der Waals surface area contributed by atoms with Crippen molar-refractivity contribution in [3.8, 4) is 17.4 Å². The maximum absolute atomic E-state index is 13.2. The van der Waals surface area contributed by atoms with Crippen molar-refractivity contribution in [2.24, 2.45) is 0 Å². The first kappa shape index (κ1) is 20.3. The molecular weight excluding hydrogens is 380 g/mol. The Hall–Kier alpha value is -2.47. The van der Waals surface area contributed by atoms with Crippen LogP contribution in [0.3, 0.4) is 0 Å². The molecule has 28 heavy (non-hydrogen) atoms. The van der Waals surface area contributed by atoms with E-state index in [0.717, 1.165) is 18.4 Å². The molecular formula is C21H25ClN2O4. The Morgan fingerprint density at radius 3 is 2.68 bits per heavy atom. The summed E-state index contributed by atoms with van der Waals surface area (Å²) in [6, 6.07) is 7.23. The Morgan fingerprint density at radius 1 is 1.25 bits per heavy atom. The van der Waals surface area contributed by atoms with E-state index >= 15 is 0 Å². The minimum atomic E-state index is -0.106. The molecule has 1 aliphatic heterocycles. The molecule has 1 aromatic carbocycles. The number of hydrogen-bond acceptors (Lipinski definition) is 5. The molecule has 0 bridgehead atoms. The molecule has 0 saturated carbocycles. The Balaban J connectivity index is 1.87. The Bertz CT molecular complexity index is 856. The minimum absolute atomic E-state index is 0.0444. The number of carbonyl (C=O) groups is 1. The number of rotatable bonds is 6. The molecule has 1 unspecified atom stereocenters. The number of aromatic nitrogens is 1. The lowest BCUT2D eigenvalue weighted by Crippen LogP contribution is -2.31. The van der Waals surface area contributed by atoms with E-state index in [1.165, 1.54) is 6.20 Å². The highest BCUT2D eigenvalue weighted by molar-refractivity contribution is 6.32. The number of carbonyl (C=O) groups excluding carboxylic acids is 1. The van der Waals surface area contributed by atoms with Gasteiger partial charge < -0.3 is 19.1 Å². The fourth-order valence-corrected chi connectivity index (χ4v) is 3.66. The van der Waals surface area contributed by atoms with Crippen molar-refractivity contribution in [1.29, 1.82) is 0 Å². The first-order valence-corrected chi connectivity index (χ1v) is 9.67. The lowest BCUT2D eigenvalue weighted by molar-refractivity contribution is 0.0733. The standard InChI is InChI=1S/C21H25ClN2O4/c1-13(2)28-20-17(22)10-14(12-23-20)21(25)24-9-5-6-18(24)16-8-7-15(26-3)11-19(16)27-4/h7-8,10-13,18H,5-6,9H2,1-4H3. The summed E-state index contributed by atoms with van der Waals surface area (Å²) < 4.78 is 16.4. The van der Waals surface area contributed by atoms with Crippen LogP contribution in [0.25, 0.3) is 0 Å². The van der Waals surface area contributed by atoms with Crippen molar-refractivity contribution in [3.05, 3.63) is 46.6 Å². The maximum Gasteiger partial charge on any atom is 0.255 e. The van der Waals surface area contributed by atoms with Crippen LogP contribution in [0, 0.1) is 0 Å². The second kappa shape index (κ2) is 8.69. The minimum Gasteiger partial charge on any atom is -0.497 e.